The lowest BCUT2D eigenvalue weighted by molar-refractivity contribution is -0.192. The maximum atomic E-state index is 12.7. The summed E-state index contributed by atoms with van der Waals surface area (Å²) in [5, 5.41) is 7.12. The van der Waals surface area contributed by atoms with Crippen molar-refractivity contribution >= 4 is 11.9 Å². The van der Waals surface area contributed by atoms with Gasteiger partial charge in [0.1, 0.15) is 6.26 Å². The van der Waals surface area contributed by atoms with Crippen LogP contribution in [0.25, 0.3) is 0 Å². The molecule has 2 aromatic heterocycles. The van der Waals surface area contributed by atoms with E-state index in [0.717, 1.165) is 24.8 Å². The Bertz CT molecular complexity index is 907. The summed E-state index contributed by atoms with van der Waals surface area (Å²) >= 11 is 0. The van der Waals surface area contributed by atoms with Gasteiger partial charge in [-0.2, -0.15) is 13.2 Å². The van der Waals surface area contributed by atoms with Gasteiger partial charge in [0.05, 0.1) is 43.8 Å². The molecule has 1 saturated carbocycles. The molecule has 2 aliphatic rings. The smallest absolute Gasteiger partial charge is 0.475 e. The summed E-state index contributed by atoms with van der Waals surface area (Å²) in [6.45, 7) is 3.01. The molecule has 11 heteroatoms. The van der Waals surface area contributed by atoms with Crippen molar-refractivity contribution in [3.8, 4) is 0 Å². The van der Waals surface area contributed by atoms with Crippen LogP contribution in [0.4, 0.5) is 13.2 Å². The van der Waals surface area contributed by atoms with Gasteiger partial charge in [-0.05, 0) is 30.5 Å². The molecule has 1 aliphatic carbocycles. The van der Waals surface area contributed by atoms with Crippen molar-refractivity contribution in [2.45, 2.75) is 37.6 Å². The Morgan fingerprint density at radius 1 is 1.33 bits per heavy atom. The number of ether oxygens (including phenoxy) is 2. The highest BCUT2D eigenvalue weighted by Gasteiger charge is 2.48. The third kappa shape index (κ3) is 6.55. The molecule has 180 valence electrons. The number of furan rings is 1. The van der Waals surface area contributed by atoms with Gasteiger partial charge in [0, 0.05) is 24.9 Å². The summed E-state index contributed by atoms with van der Waals surface area (Å²) in [6, 6.07) is 5.65. The summed E-state index contributed by atoms with van der Waals surface area (Å²) in [5.74, 6) is -2.44. The molecule has 2 atom stereocenters. The quantitative estimate of drug-likeness (QED) is 0.713. The topological polar surface area (TPSA) is 102 Å². The number of nitrogens with zero attached hydrogens (tertiary/aromatic N) is 2. The number of morpholine rings is 1. The first-order chi connectivity index (χ1) is 15.7. The zero-order valence-electron chi connectivity index (χ0n) is 17.8. The van der Waals surface area contributed by atoms with Crippen molar-refractivity contribution in [2.24, 2.45) is 5.92 Å². The molecule has 2 fully saturated rings. The Balaban J connectivity index is 0.000000383. The molecule has 2 aromatic rings. The second kappa shape index (κ2) is 10.8. The molecule has 0 aromatic carbocycles. The molecule has 0 bridgehead atoms. The van der Waals surface area contributed by atoms with E-state index in [-0.39, 0.29) is 11.5 Å². The number of carbonyl (C=O) groups is 2. The Hall–Kier alpha value is -2.92. The van der Waals surface area contributed by atoms with E-state index in [1.807, 2.05) is 23.2 Å². The number of carbonyl (C=O) groups excluding carboxylic acids is 1. The molecule has 1 spiro atoms. The number of carboxylic acids is 1. The minimum atomic E-state index is -5.08. The van der Waals surface area contributed by atoms with E-state index < -0.39 is 12.1 Å². The van der Waals surface area contributed by atoms with Crippen LogP contribution in [0.3, 0.4) is 0 Å². The van der Waals surface area contributed by atoms with E-state index in [9.17, 15) is 18.0 Å². The van der Waals surface area contributed by atoms with E-state index in [2.05, 4.69) is 4.98 Å². The highest BCUT2D eigenvalue weighted by molar-refractivity contribution is 5.93. The van der Waals surface area contributed by atoms with Crippen LogP contribution >= 0.6 is 0 Å². The lowest BCUT2D eigenvalue weighted by atomic mass is 9.89. The van der Waals surface area contributed by atoms with E-state index in [1.54, 1.807) is 12.3 Å². The van der Waals surface area contributed by atoms with Crippen LogP contribution in [0.5, 0.6) is 0 Å². The van der Waals surface area contributed by atoms with E-state index in [0.29, 0.717) is 44.4 Å². The summed E-state index contributed by atoms with van der Waals surface area (Å²) < 4.78 is 49.0. The van der Waals surface area contributed by atoms with E-state index >= 15 is 0 Å². The van der Waals surface area contributed by atoms with Gasteiger partial charge in [-0.15, -0.1) is 0 Å². The standard InChI is InChI=1S/C20H24N2O4.C2HF3O2/c23-19(17-5-9-24-13-17)22-8-10-26-20(15-22)6-1-4-18(20)14-25-12-16-3-2-7-21-11-16;3-2(4,5)1(6)7/h2-3,5,7,9,11,13,18H,1,4,6,8,10,12,14-15H2;(H,6,7)/t18-,20+;/m0./s1. The number of hydrogen-bond acceptors (Lipinski definition) is 6. The maximum Gasteiger partial charge on any atom is 0.490 e. The molecule has 0 unspecified atom stereocenters. The lowest BCUT2D eigenvalue weighted by Crippen LogP contribution is -2.56. The van der Waals surface area contributed by atoms with Gasteiger partial charge < -0.3 is 23.9 Å². The number of carboxylic acid groups (broad SMARTS) is 1. The van der Waals surface area contributed by atoms with Crippen molar-refractivity contribution in [1.29, 1.82) is 0 Å². The number of alkyl halides is 3. The highest BCUT2D eigenvalue weighted by Crippen LogP contribution is 2.41. The van der Waals surface area contributed by atoms with Crippen LogP contribution in [0.1, 0.15) is 35.2 Å². The largest absolute Gasteiger partial charge is 0.490 e. The van der Waals surface area contributed by atoms with Crippen molar-refractivity contribution < 1.29 is 41.8 Å². The minimum absolute atomic E-state index is 0.0170. The van der Waals surface area contributed by atoms with Gasteiger partial charge in [0.2, 0.25) is 0 Å². The number of halogens is 3. The molecule has 8 nitrogen and oxygen atoms in total. The fraction of sp³-hybridized carbons (Fsp3) is 0.500. The van der Waals surface area contributed by atoms with Crippen LogP contribution in [-0.2, 0) is 20.9 Å². The van der Waals surface area contributed by atoms with Gasteiger partial charge in [0.25, 0.3) is 5.91 Å². The van der Waals surface area contributed by atoms with Crippen LogP contribution < -0.4 is 0 Å². The van der Waals surface area contributed by atoms with Gasteiger partial charge in [-0.1, -0.05) is 12.5 Å². The average Bonchev–Trinajstić information content (AvgIpc) is 3.45. The third-order valence-electron chi connectivity index (χ3n) is 5.71. The predicted octanol–water partition coefficient (Wildman–Crippen LogP) is 3.54. The zero-order chi connectivity index (χ0) is 23.9. The maximum absolute atomic E-state index is 12.7. The van der Waals surface area contributed by atoms with Crippen LogP contribution in [0, 0.1) is 5.92 Å². The van der Waals surface area contributed by atoms with Crippen molar-refractivity contribution in [3.63, 3.8) is 0 Å². The van der Waals surface area contributed by atoms with Crippen molar-refractivity contribution in [1.82, 2.24) is 9.88 Å². The number of aromatic nitrogens is 1. The average molecular weight is 470 g/mol. The van der Waals surface area contributed by atoms with Crippen molar-refractivity contribution in [2.75, 3.05) is 26.3 Å². The number of rotatable bonds is 5. The first-order valence-electron chi connectivity index (χ1n) is 10.4. The van der Waals surface area contributed by atoms with Crippen LogP contribution in [-0.4, -0.2) is 64.9 Å². The SMILES string of the molecule is O=C(O)C(F)(F)F.O=C(c1ccoc1)N1CCO[C@]2(CCC[C@H]2COCc2cccnc2)C1. The summed E-state index contributed by atoms with van der Waals surface area (Å²) in [7, 11) is 0. The molecule has 33 heavy (non-hydrogen) atoms. The van der Waals surface area contributed by atoms with Crippen LogP contribution in [0.2, 0.25) is 0 Å². The number of amides is 1. The monoisotopic (exact) mass is 470 g/mol. The second-order valence-electron chi connectivity index (χ2n) is 7.92. The summed E-state index contributed by atoms with van der Waals surface area (Å²) in [6.07, 6.45) is 4.70. The lowest BCUT2D eigenvalue weighted by Gasteiger charge is -2.44. The normalized spacial score (nSPS) is 22.6. The third-order valence-corrected chi connectivity index (χ3v) is 5.71. The first-order valence-corrected chi connectivity index (χ1v) is 10.4. The fourth-order valence-corrected chi connectivity index (χ4v) is 4.10. The molecule has 1 amide bonds. The molecular weight excluding hydrogens is 445 g/mol. The molecule has 3 heterocycles. The summed E-state index contributed by atoms with van der Waals surface area (Å²) in [4.78, 5) is 27.6. The molecule has 0 radical (unpaired) electrons. The predicted molar refractivity (Wildman–Crippen MR) is 108 cm³/mol. The van der Waals surface area contributed by atoms with Crippen molar-refractivity contribution in [3.05, 3.63) is 54.2 Å². The van der Waals surface area contributed by atoms with Gasteiger partial charge in [-0.25, -0.2) is 4.79 Å². The molecule has 1 aliphatic heterocycles. The zero-order valence-corrected chi connectivity index (χ0v) is 17.8. The molecular formula is C22H25F3N2O6. The van der Waals surface area contributed by atoms with Crippen LogP contribution in [0.15, 0.2) is 47.5 Å². The first kappa shape index (κ1) is 24.7. The Morgan fingerprint density at radius 3 is 2.76 bits per heavy atom. The van der Waals surface area contributed by atoms with Gasteiger partial charge >= 0.3 is 12.1 Å². The Kier molecular flexibility index (Phi) is 8.09. The number of pyridine rings is 1. The number of hydrogen-bond donors (Lipinski definition) is 1. The van der Waals surface area contributed by atoms with Gasteiger partial charge in [0.15, 0.2) is 0 Å². The highest BCUT2D eigenvalue weighted by atomic mass is 19.4. The minimum Gasteiger partial charge on any atom is -0.475 e. The molecule has 1 saturated heterocycles. The Labute approximate surface area is 188 Å². The fourth-order valence-electron chi connectivity index (χ4n) is 4.10. The van der Waals surface area contributed by atoms with E-state index in [1.165, 1.54) is 12.5 Å². The summed E-state index contributed by atoms with van der Waals surface area (Å²) in [5.41, 5.74) is 1.39. The number of aliphatic carboxylic acids is 1. The molecule has 1 N–H and O–H groups in total. The second-order valence-corrected chi connectivity index (χ2v) is 7.92. The van der Waals surface area contributed by atoms with Gasteiger partial charge in [-0.3, -0.25) is 9.78 Å². The Morgan fingerprint density at radius 2 is 2.12 bits per heavy atom. The molecule has 4 rings (SSSR count). The van der Waals surface area contributed by atoms with E-state index in [4.69, 9.17) is 23.8 Å².